The van der Waals surface area contributed by atoms with Gasteiger partial charge in [0.15, 0.2) is 0 Å². The maximum absolute atomic E-state index is 12.8. The van der Waals surface area contributed by atoms with Crippen molar-refractivity contribution in [2.45, 2.75) is 57.7 Å². The molecule has 5 heteroatoms. The number of para-hydroxylation sites is 1. The number of carbonyl (C=O) groups is 1. The third kappa shape index (κ3) is 5.26. The van der Waals surface area contributed by atoms with Gasteiger partial charge in [0, 0.05) is 32.1 Å². The van der Waals surface area contributed by atoms with Crippen LogP contribution in [-0.2, 0) is 11.2 Å². The van der Waals surface area contributed by atoms with E-state index in [2.05, 4.69) is 23.6 Å². The second-order valence-electron chi connectivity index (χ2n) is 9.32. The van der Waals surface area contributed by atoms with Crippen LogP contribution in [0.3, 0.4) is 0 Å². The standard InChI is InChI=1S/C27H36N2O3/c1-20(2)29-19-25(32-24-7-5-4-6-8-24)27(29)22-15-17-28(18-16-22)26(30)14-11-21-9-12-23(31-3)13-10-21/h4-10,12-13,20,22,25,27H,11,14-19H2,1-3H3. The van der Waals surface area contributed by atoms with E-state index in [1.807, 2.05) is 54.6 Å². The molecule has 1 amide bonds. The van der Waals surface area contributed by atoms with Gasteiger partial charge >= 0.3 is 0 Å². The zero-order valence-corrected chi connectivity index (χ0v) is 19.6. The van der Waals surface area contributed by atoms with Crippen LogP contribution >= 0.6 is 0 Å². The highest BCUT2D eigenvalue weighted by molar-refractivity contribution is 5.76. The molecule has 0 aliphatic carbocycles. The van der Waals surface area contributed by atoms with Gasteiger partial charge in [-0.2, -0.15) is 0 Å². The van der Waals surface area contributed by atoms with Gasteiger partial charge in [-0.05, 0) is 68.9 Å². The second kappa shape index (κ2) is 10.4. The van der Waals surface area contributed by atoms with Gasteiger partial charge in [0.1, 0.15) is 17.6 Å². The van der Waals surface area contributed by atoms with Crippen LogP contribution < -0.4 is 9.47 Å². The average Bonchev–Trinajstić information content (AvgIpc) is 2.81. The first-order valence-electron chi connectivity index (χ1n) is 11.9. The van der Waals surface area contributed by atoms with E-state index in [9.17, 15) is 4.79 Å². The zero-order chi connectivity index (χ0) is 22.5. The number of piperidine rings is 1. The number of likely N-dealkylation sites (tertiary alicyclic amines) is 2. The lowest BCUT2D eigenvalue weighted by molar-refractivity contribution is -0.135. The van der Waals surface area contributed by atoms with Crippen LogP contribution in [0.25, 0.3) is 0 Å². The number of carbonyl (C=O) groups excluding carboxylic acids is 1. The number of aryl methyl sites for hydroxylation is 1. The molecular formula is C27H36N2O3. The summed E-state index contributed by atoms with van der Waals surface area (Å²) < 4.78 is 11.6. The number of hydrogen-bond donors (Lipinski definition) is 0. The third-order valence-corrected chi connectivity index (χ3v) is 7.01. The fourth-order valence-corrected chi connectivity index (χ4v) is 5.12. The Morgan fingerprint density at radius 1 is 1.00 bits per heavy atom. The van der Waals surface area contributed by atoms with Crippen molar-refractivity contribution < 1.29 is 14.3 Å². The third-order valence-electron chi connectivity index (χ3n) is 7.01. The van der Waals surface area contributed by atoms with E-state index in [4.69, 9.17) is 9.47 Å². The van der Waals surface area contributed by atoms with Crippen molar-refractivity contribution in [1.29, 1.82) is 0 Å². The maximum atomic E-state index is 12.8. The first-order valence-corrected chi connectivity index (χ1v) is 11.9. The van der Waals surface area contributed by atoms with E-state index in [-0.39, 0.29) is 12.0 Å². The molecule has 0 saturated carbocycles. The van der Waals surface area contributed by atoms with Gasteiger partial charge in [-0.3, -0.25) is 9.69 Å². The van der Waals surface area contributed by atoms with Crippen molar-refractivity contribution in [2.75, 3.05) is 26.7 Å². The van der Waals surface area contributed by atoms with Gasteiger partial charge in [-0.25, -0.2) is 0 Å². The fourth-order valence-electron chi connectivity index (χ4n) is 5.12. The summed E-state index contributed by atoms with van der Waals surface area (Å²) in [4.78, 5) is 17.4. The molecule has 0 spiro atoms. The Balaban J connectivity index is 1.28. The highest BCUT2D eigenvalue weighted by Gasteiger charge is 2.47. The largest absolute Gasteiger partial charge is 0.497 e. The molecular weight excluding hydrogens is 400 g/mol. The van der Waals surface area contributed by atoms with Gasteiger partial charge in [0.25, 0.3) is 0 Å². The highest BCUT2D eigenvalue weighted by Crippen LogP contribution is 2.36. The minimum atomic E-state index is 0.238. The summed E-state index contributed by atoms with van der Waals surface area (Å²) in [5, 5.41) is 0. The fraction of sp³-hybridized carbons (Fsp3) is 0.519. The molecule has 0 aromatic heterocycles. The molecule has 0 radical (unpaired) electrons. The number of methoxy groups -OCH3 is 1. The van der Waals surface area contributed by atoms with Crippen LogP contribution in [-0.4, -0.2) is 60.6 Å². The van der Waals surface area contributed by atoms with Gasteiger partial charge in [0.05, 0.1) is 13.2 Å². The van der Waals surface area contributed by atoms with E-state index < -0.39 is 0 Å². The van der Waals surface area contributed by atoms with Crippen molar-refractivity contribution in [3.63, 3.8) is 0 Å². The predicted octanol–water partition coefficient (Wildman–Crippen LogP) is 4.41. The van der Waals surface area contributed by atoms with Crippen molar-refractivity contribution >= 4 is 5.91 Å². The molecule has 2 fully saturated rings. The molecule has 0 bridgehead atoms. The van der Waals surface area contributed by atoms with Crippen LogP contribution in [0.2, 0.25) is 0 Å². The first kappa shape index (κ1) is 22.7. The van der Waals surface area contributed by atoms with Crippen LogP contribution in [0, 0.1) is 5.92 Å². The molecule has 2 heterocycles. The quantitative estimate of drug-likeness (QED) is 0.615. The normalized spacial score (nSPS) is 21.9. The van der Waals surface area contributed by atoms with E-state index in [0.29, 0.717) is 24.4 Å². The summed E-state index contributed by atoms with van der Waals surface area (Å²) in [6.07, 6.45) is 3.69. The molecule has 2 saturated heterocycles. The molecule has 32 heavy (non-hydrogen) atoms. The van der Waals surface area contributed by atoms with Crippen molar-refractivity contribution in [3.05, 3.63) is 60.2 Å². The van der Waals surface area contributed by atoms with E-state index >= 15 is 0 Å². The Bertz CT molecular complexity index is 860. The van der Waals surface area contributed by atoms with Gasteiger partial charge in [-0.15, -0.1) is 0 Å². The van der Waals surface area contributed by atoms with Crippen molar-refractivity contribution in [2.24, 2.45) is 5.92 Å². The molecule has 0 N–H and O–H groups in total. The SMILES string of the molecule is COc1ccc(CCC(=O)N2CCC(C3C(Oc4ccccc4)CN3C(C)C)CC2)cc1. The van der Waals surface area contributed by atoms with E-state index in [1.54, 1.807) is 7.11 Å². The predicted molar refractivity (Wildman–Crippen MR) is 127 cm³/mol. The molecule has 172 valence electrons. The van der Waals surface area contributed by atoms with E-state index in [0.717, 1.165) is 50.4 Å². The van der Waals surface area contributed by atoms with Crippen LogP contribution in [0.5, 0.6) is 11.5 Å². The second-order valence-corrected chi connectivity index (χ2v) is 9.32. The van der Waals surface area contributed by atoms with Crippen molar-refractivity contribution in [1.82, 2.24) is 9.80 Å². The van der Waals surface area contributed by atoms with Crippen LogP contribution in [0.4, 0.5) is 0 Å². The minimum absolute atomic E-state index is 0.238. The minimum Gasteiger partial charge on any atom is -0.497 e. The summed E-state index contributed by atoms with van der Waals surface area (Å²) >= 11 is 0. The molecule has 2 aliphatic rings. The zero-order valence-electron chi connectivity index (χ0n) is 19.6. The Morgan fingerprint density at radius 2 is 1.69 bits per heavy atom. The molecule has 2 aromatic rings. The first-order chi connectivity index (χ1) is 15.5. The van der Waals surface area contributed by atoms with Crippen LogP contribution in [0.15, 0.2) is 54.6 Å². The van der Waals surface area contributed by atoms with Gasteiger partial charge in [-0.1, -0.05) is 30.3 Å². The molecule has 2 atom stereocenters. The molecule has 5 nitrogen and oxygen atoms in total. The summed E-state index contributed by atoms with van der Waals surface area (Å²) in [6, 6.07) is 19.1. The number of ether oxygens (including phenoxy) is 2. The lowest BCUT2D eigenvalue weighted by Crippen LogP contribution is -2.68. The number of nitrogens with zero attached hydrogens (tertiary/aromatic N) is 2. The number of benzene rings is 2. The summed E-state index contributed by atoms with van der Waals surface area (Å²) in [5.41, 5.74) is 1.18. The molecule has 4 rings (SSSR count). The van der Waals surface area contributed by atoms with Gasteiger partial charge < -0.3 is 14.4 Å². The van der Waals surface area contributed by atoms with Crippen molar-refractivity contribution in [3.8, 4) is 11.5 Å². The number of hydrogen-bond acceptors (Lipinski definition) is 4. The monoisotopic (exact) mass is 436 g/mol. The summed E-state index contributed by atoms with van der Waals surface area (Å²) in [6.45, 7) is 7.23. The van der Waals surface area contributed by atoms with Gasteiger partial charge in [0.2, 0.25) is 5.91 Å². The Hall–Kier alpha value is -2.53. The van der Waals surface area contributed by atoms with Crippen LogP contribution in [0.1, 0.15) is 38.7 Å². The number of rotatable bonds is 8. The maximum Gasteiger partial charge on any atom is 0.222 e. The molecule has 2 unspecified atom stereocenters. The topological polar surface area (TPSA) is 42.0 Å². The lowest BCUT2D eigenvalue weighted by Gasteiger charge is -2.54. The van der Waals surface area contributed by atoms with E-state index in [1.165, 1.54) is 5.56 Å². The summed E-state index contributed by atoms with van der Waals surface area (Å²) in [5.74, 6) is 2.65. The number of amides is 1. The summed E-state index contributed by atoms with van der Waals surface area (Å²) in [7, 11) is 1.67. The lowest BCUT2D eigenvalue weighted by atomic mass is 9.79. The Kier molecular flexibility index (Phi) is 7.36. The highest BCUT2D eigenvalue weighted by atomic mass is 16.5. The Labute approximate surface area is 192 Å². The smallest absolute Gasteiger partial charge is 0.222 e. The molecule has 2 aromatic carbocycles. The average molecular weight is 437 g/mol. The Morgan fingerprint density at radius 3 is 2.31 bits per heavy atom. The molecule has 2 aliphatic heterocycles.